The van der Waals surface area contributed by atoms with Gasteiger partial charge >= 0.3 is 0 Å². The Morgan fingerprint density at radius 3 is 2.18 bits per heavy atom. The van der Waals surface area contributed by atoms with Gasteiger partial charge in [0.25, 0.3) is 10.0 Å². The van der Waals surface area contributed by atoms with Crippen molar-refractivity contribution in [1.29, 1.82) is 0 Å². The number of nitrogens with zero attached hydrogens (tertiary/aromatic N) is 3. The Bertz CT molecular complexity index is 1520. The minimum Gasteiger partial charge on any atom is -0.497 e. The van der Waals surface area contributed by atoms with Crippen molar-refractivity contribution >= 4 is 38.1 Å². The number of rotatable bonds is 10. The van der Waals surface area contributed by atoms with Crippen molar-refractivity contribution in [2.75, 3.05) is 37.5 Å². The number of aryl methyl sites for hydroxylation is 1. The van der Waals surface area contributed by atoms with Crippen molar-refractivity contribution in [3.05, 3.63) is 72.3 Å². The minimum atomic E-state index is -4.17. The van der Waals surface area contributed by atoms with Gasteiger partial charge < -0.3 is 14.2 Å². The predicted octanol–water partition coefficient (Wildman–Crippen LogP) is 4.37. The molecule has 198 valence electrons. The molecule has 38 heavy (non-hydrogen) atoms. The van der Waals surface area contributed by atoms with Crippen molar-refractivity contribution in [2.45, 2.75) is 11.8 Å². The van der Waals surface area contributed by atoms with E-state index < -0.39 is 22.5 Å². The molecule has 0 radical (unpaired) electrons. The zero-order valence-electron chi connectivity index (χ0n) is 21.2. The summed E-state index contributed by atoms with van der Waals surface area (Å²) >= 11 is 1.16. The number of sulfonamides is 1. The Kier molecular flexibility index (Phi) is 8.13. The lowest BCUT2D eigenvalue weighted by molar-refractivity contribution is -0.114. The molecule has 4 rings (SSSR count). The molecule has 0 saturated heterocycles. The van der Waals surface area contributed by atoms with E-state index in [1.165, 1.54) is 32.4 Å². The molecule has 3 aromatic carbocycles. The van der Waals surface area contributed by atoms with Gasteiger partial charge in [-0.15, -0.1) is 10.2 Å². The number of nitrogens with one attached hydrogen (secondary N) is 1. The lowest BCUT2D eigenvalue weighted by Gasteiger charge is -2.26. The van der Waals surface area contributed by atoms with E-state index in [4.69, 9.17) is 14.2 Å². The van der Waals surface area contributed by atoms with Gasteiger partial charge in [0.05, 0.1) is 31.9 Å². The highest BCUT2D eigenvalue weighted by Crippen LogP contribution is 2.36. The van der Waals surface area contributed by atoms with Gasteiger partial charge in [-0.25, -0.2) is 8.42 Å². The highest BCUT2D eigenvalue weighted by molar-refractivity contribution is 7.92. The van der Waals surface area contributed by atoms with E-state index in [1.54, 1.807) is 43.5 Å². The molecule has 0 aliphatic rings. The SMILES string of the molecule is COc1ccc(-c2nnc(NC(=O)CN(c3cc(OC)ccc3OC)S(=O)(=O)c3ccc(C)cc3)s2)cc1. The molecule has 0 aliphatic carbocycles. The van der Waals surface area contributed by atoms with Gasteiger partial charge in [0.2, 0.25) is 11.0 Å². The van der Waals surface area contributed by atoms with E-state index in [2.05, 4.69) is 15.5 Å². The Morgan fingerprint density at radius 1 is 0.895 bits per heavy atom. The van der Waals surface area contributed by atoms with Gasteiger partial charge in [-0.05, 0) is 55.5 Å². The van der Waals surface area contributed by atoms with Crippen LogP contribution >= 0.6 is 11.3 Å². The van der Waals surface area contributed by atoms with Gasteiger partial charge in [-0.2, -0.15) is 0 Å². The average molecular weight is 555 g/mol. The molecule has 10 nitrogen and oxygen atoms in total. The first kappa shape index (κ1) is 26.9. The molecule has 1 amide bonds. The van der Waals surface area contributed by atoms with Crippen molar-refractivity contribution < 1.29 is 27.4 Å². The molecule has 1 heterocycles. The largest absolute Gasteiger partial charge is 0.497 e. The fourth-order valence-electron chi connectivity index (χ4n) is 3.54. The van der Waals surface area contributed by atoms with Crippen LogP contribution in [-0.4, -0.2) is 52.4 Å². The van der Waals surface area contributed by atoms with E-state index >= 15 is 0 Å². The van der Waals surface area contributed by atoms with Gasteiger partial charge in [0.15, 0.2) is 0 Å². The number of amides is 1. The third-order valence-corrected chi connectivity index (χ3v) is 8.22. The second-order valence-electron chi connectivity index (χ2n) is 8.05. The zero-order valence-corrected chi connectivity index (χ0v) is 22.8. The first-order chi connectivity index (χ1) is 18.2. The van der Waals surface area contributed by atoms with Gasteiger partial charge in [-0.3, -0.25) is 14.4 Å². The number of carbonyl (C=O) groups is 1. The number of carbonyl (C=O) groups excluding carboxylic acids is 1. The molecule has 0 bridgehead atoms. The van der Waals surface area contributed by atoms with E-state index in [9.17, 15) is 13.2 Å². The fraction of sp³-hybridized carbons (Fsp3) is 0.192. The molecule has 12 heteroatoms. The fourth-order valence-corrected chi connectivity index (χ4v) is 5.73. The molecule has 1 N–H and O–H groups in total. The van der Waals surface area contributed by atoms with Crippen LogP contribution in [0.25, 0.3) is 10.6 Å². The van der Waals surface area contributed by atoms with E-state index in [0.29, 0.717) is 16.5 Å². The molecule has 0 saturated carbocycles. The third-order valence-electron chi connectivity index (χ3n) is 5.56. The molecule has 0 unspecified atom stereocenters. The summed E-state index contributed by atoms with van der Waals surface area (Å²) in [6.45, 7) is 1.31. The summed E-state index contributed by atoms with van der Waals surface area (Å²) < 4.78 is 44.4. The number of hydrogen-bond acceptors (Lipinski definition) is 9. The van der Waals surface area contributed by atoms with Crippen LogP contribution in [0.2, 0.25) is 0 Å². The summed E-state index contributed by atoms with van der Waals surface area (Å²) in [5.41, 5.74) is 1.85. The summed E-state index contributed by atoms with van der Waals surface area (Å²) in [6.07, 6.45) is 0. The highest BCUT2D eigenvalue weighted by atomic mass is 32.2. The summed E-state index contributed by atoms with van der Waals surface area (Å²) in [4.78, 5) is 13.2. The number of anilines is 2. The number of benzene rings is 3. The van der Waals surface area contributed by atoms with Crippen LogP contribution in [0, 0.1) is 6.92 Å². The summed E-state index contributed by atoms with van der Waals surface area (Å²) in [6, 6.07) is 18.3. The Labute approximate surface area is 224 Å². The summed E-state index contributed by atoms with van der Waals surface area (Å²) in [5.74, 6) is 0.753. The maximum Gasteiger partial charge on any atom is 0.264 e. The topological polar surface area (TPSA) is 120 Å². The van der Waals surface area contributed by atoms with Crippen LogP contribution in [0.4, 0.5) is 10.8 Å². The first-order valence-corrected chi connectivity index (χ1v) is 13.6. The summed E-state index contributed by atoms with van der Waals surface area (Å²) in [7, 11) is 0.299. The Morgan fingerprint density at radius 2 is 1.55 bits per heavy atom. The smallest absolute Gasteiger partial charge is 0.264 e. The van der Waals surface area contributed by atoms with Crippen LogP contribution in [0.15, 0.2) is 71.6 Å². The predicted molar refractivity (Wildman–Crippen MR) is 146 cm³/mol. The van der Waals surface area contributed by atoms with Gasteiger partial charge in [-0.1, -0.05) is 29.0 Å². The molecular formula is C26H26N4O6S2. The normalized spacial score (nSPS) is 11.1. The van der Waals surface area contributed by atoms with Crippen molar-refractivity contribution in [1.82, 2.24) is 10.2 Å². The monoisotopic (exact) mass is 554 g/mol. The lowest BCUT2D eigenvalue weighted by Crippen LogP contribution is -2.38. The average Bonchev–Trinajstić information content (AvgIpc) is 3.39. The number of aromatic nitrogens is 2. The zero-order chi connectivity index (χ0) is 27.3. The number of methoxy groups -OCH3 is 3. The van der Waals surface area contributed by atoms with E-state index in [-0.39, 0.29) is 21.5 Å². The van der Waals surface area contributed by atoms with Crippen LogP contribution in [0.3, 0.4) is 0 Å². The summed E-state index contributed by atoms with van der Waals surface area (Å²) in [5, 5.41) is 11.6. The molecular weight excluding hydrogens is 528 g/mol. The van der Waals surface area contributed by atoms with E-state index in [1.807, 2.05) is 19.1 Å². The van der Waals surface area contributed by atoms with Crippen molar-refractivity contribution in [3.63, 3.8) is 0 Å². The van der Waals surface area contributed by atoms with Crippen LogP contribution in [0.5, 0.6) is 17.2 Å². The standard InChI is InChI=1S/C26H26N4O6S2/c1-17-5-12-21(13-6-17)38(32,33)30(22-15-20(35-3)11-14-23(22)36-4)16-24(31)27-26-29-28-25(37-26)18-7-9-19(34-2)10-8-18/h5-15H,16H2,1-4H3,(H,27,29,31). The molecule has 0 atom stereocenters. The molecule has 0 aliphatic heterocycles. The van der Waals surface area contributed by atoms with E-state index in [0.717, 1.165) is 26.8 Å². The lowest BCUT2D eigenvalue weighted by atomic mass is 10.2. The number of ether oxygens (including phenoxy) is 3. The molecule has 0 spiro atoms. The first-order valence-electron chi connectivity index (χ1n) is 11.3. The Balaban J connectivity index is 1.64. The van der Waals surface area contributed by atoms with Gasteiger partial charge in [0, 0.05) is 11.6 Å². The van der Waals surface area contributed by atoms with Crippen LogP contribution in [0.1, 0.15) is 5.56 Å². The minimum absolute atomic E-state index is 0.0264. The van der Waals surface area contributed by atoms with Crippen molar-refractivity contribution in [3.8, 4) is 27.8 Å². The maximum atomic E-state index is 13.8. The van der Waals surface area contributed by atoms with Crippen molar-refractivity contribution in [2.24, 2.45) is 0 Å². The molecule has 4 aromatic rings. The maximum absolute atomic E-state index is 13.8. The Hall–Kier alpha value is -4.16. The second kappa shape index (κ2) is 11.5. The highest BCUT2D eigenvalue weighted by Gasteiger charge is 2.30. The molecule has 0 fully saturated rings. The number of hydrogen-bond donors (Lipinski definition) is 1. The molecule has 1 aromatic heterocycles. The van der Waals surface area contributed by atoms with Crippen LogP contribution < -0.4 is 23.8 Å². The van der Waals surface area contributed by atoms with Crippen LogP contribution in [-0.2, 0) is 14.8 Å². The third kappa shape index (κ3) is 5.87. The quantitative estimate of drug-likeness (QED) is 0.307. The second-order valence-corrected chi connectivity index (χ2v) is 10.9. The van der Waals surface area contributed by atoms with Gasteiger partial charge in [0.1, 0.15) is 28.8 Å².